The van der Waals surface area contributed by atoms with Gasteiger partial charge in [0.1, 0.15) is 5.75 Å². The predicted molar refractivity (Wildman–Crippen MR) is 73.7 cm³/mol. The lowest BCUT2D eigenvalue weighted by Crippen LogP contribution is -2.07. The molecule has 2 rings (SSSR count). The van der Waals surface area contributed by atoms with Gasteiger partial charge in [-0.2, -0.15) is 0 Å². The number of methoxy groups -OCH3 is 1. The van der Waals surface area contributed by atoms with Crippen LogP contribution in [0.4, 0.5) is 0 Å². The molecule has 1 atom stereocenters. The minimum absolute atomic E-state index is 0.141. The molecule has 0 bridgehead atoms. The highest BCUT2D eigenvalue weighted by atomic mass is 16.5. The predicted octanol–water partition coefficient (Wildman–Crippen LogP) is 2.95. The second kappa shape index (κ2) is 5.74. The van der Waals surface area contributed by atoms with Gasteiger partial charge in [-0.3, -0.25) is 0 Å². The molecule has 0 amide bonds. The van der Waals surface area contributed by atoms with Crippen molar-refractivity contribution in [3.05, 3.63) is 53.9 Å². The summed E-state index contributed by atoms with van der Waals surface area (Å²) in [4.78, 5) is 0. The molecule has 3 heteroatoms. The Morgan fingerprint density at radius 1 is 1.22 bits per heavy atom. The Kier molecular flexibility index (Phi) is 4.05. The van der Waals surface area contributed by atoms with Crippen molar-refractivity contribution >= 4 is 0 Å². The summed E-state index contributed by atoms with van der Waals surface area (Å²) in [5.74, 6) is 0.889. The molecule has 1 heterocycles. The molecule has 0 saturated heterocycles. The molecule has 2 N–H and O–H groups in total. The Bertz CT molecular complexity index is 487. The summed E-state index contributed by atoms with van der Waals surface area (Å²) in [7, 11) is 1.68. The molecule has 0 radical (unpaired) electrons. The van der Waals surface area contributed by atoms with E-state index in [4.69, 9.17) is 10.5 Å². The van der Waals surface area contributed by atoms with Crippen LogP contribution < -0.4 is 10.5 Å². The average molecular weight is 244 g/mol. The van der Waals surface area contributed by atoms with Crippen LogP contribution in [-0.4, -0.2) is 11.7 Å². The van der Waals surface area contributed by atoms with E-state index in [1.807, 2.05) is 12.1 Å². The van der Waals surface area contributed by atoms with E-state index in [-0.39, 0.29) is 6.04 Å². The summed E-state index contributed by atoms with van der Waals surface area (Å²) in [5.41, 5.74) is 8.46. The van der Waals surface area contributed by atoms with Crippen LogP contribution in [0.1, 0.15) is 30.5 Å². The first-order valence-corrected chi connectivity index (χ1v) is 6.27. The van der Waals surface area contributed by atoms with Gasteiger partial charge in [0.05, 0.1) is 7.11 Å². The first-order valence-electron chi connectivity index (χ1n) is 6.27. The van der Waals surface area contributed by atoms with Gasteiger partial charge < -0.3 is 15.0 Å². The molecular weight excluding hydrogens is 224 g/mol. The normalized spacial score (nSPS) is 12.4. The Balaban J connectivity index is 2.06. The van der Waals surface area contributed by atoms with Gasteiger partial charge in [0, 0.05) is 25.0 Å². The van der Waals surface area contributed by atoms with Gasteiger partial charge >= 0.3 is 0 Å². The zero-order chi connectivity index (χ0) is 13.0. The molecule has 96 valence electrons. The standard InChI is InChI=1S/C15H20N2O/c1-3-15(16)13-8-9-17(11-13)10-12-4-6-14(18-2)7-5-12/h4-9,11,15H,3,10,16H2,1-2H3. The summed E-state index contributed by atoms with van der Waals surface area (Å²) in [6.45, 7) is 2.96. The summed E-state index contributed by atoms with van der Waals surface area (Å²) < 4.78 is 7.31. The number of rotatable bonds is 5. The van der Waals surface area contributed by atoms with Crippen LogP contribution in [0.25, 0.3) is 0 Å². The fourth-order valence-corrected chi connectivity index (χ4v) is 1.95. The van der Waals surface area contributed by atoms with E-state index in [0.29, 0.717) is 0 Å². The van der Waals surface area contributed by atoms with Crippen molar-refractivity contribution in [3.8, 4) is 5.75 Å². The van der Waals surface area contributed by atoms with Gasteiger partial charge in [-0.25, -0.2) is 0 Å². The van der Waals surface area contributed by atoms with E-state index in [9.17, 15) is 0 Å². The molecular formula is C15H20N2O. The second-order valence-electron chi connectivity index (χ2n) is 4.48. The Hall–Kier alpha value is -1.74. The first-order chi connectivity index (χ1) is 8.72. The molecule has 0 fully saturated rings. The topological polar surface area (TPSA) is 40.2 Å². The van der Waals surface area contributed by atoms with Crippen molar-refractivity contribution in [2.75, 3.05) is 7.11 Å². The van der Waals surface area contributed by atoms with Crippen LogP contribution in [0.3, 0.4) is 0 Å². The van der Waals surface area contributed by atoms with Gasteiger partial charge in [0.15, 0.2) is 0 Å². The van der Waals surface area contributed by atoms with Crippen molar-refractivity contribution < 1.29 is 4.74 Å². The third-order valence-electron chi connectivity index (χ3n) is 3.17. The first kappa shape index (κ1) is 12.7. The van der Waals surface area contributed by atoms with E-state index < -0.39 is 0 Å². The summed E-state index contributed by atoms with van der Waals surface area (Å²) in [6.07, 6.45) is 5.17. The number of aromatic nitrogens is 1. The van der Waals surface area contributed by atoms with Crippen molar-refractivity contribution in [2.24, 2.45) is 5.73 Å². The summed E-state index contributed by atoms with van der Waals surface area (Å²) in [6, 6.07) is 10.4. The van der Waals surface area contributed by atoms with Gasteiger partial charge in [0.2, 0.25) is 0 Å². The molecule has 0 aliphatic heterocycles. The Morgan fingerprint density at radius 2 is 1.94 bits per heavy atom. The Labute approximate surface area is 108 Å². The number of benzene rings is 1. The lowest BCUT2D eigenvalue weighted by molar-refractivity contribution is 0.414. The largest absolute Gasteiger partial charge is 0.497 e. The Morgan fingerprint density at radius 3 is 2.56 bits per heavy atom. The number of nitrogens with zero attached hydrogens (tertiary/aromatic N) is 1. The molecule has 0 spiro atoms. The van der Waals surface area contributed by atoms with Crippen LogP contribution in [0.2, 0.25) is 0 Å². The molecule has 0 aliphatic carbocycles. The summed E-state index contributed by atoms with van der Waals surface area (Å²) >= 11 is 0. The smallest absolute Gasteiger partial charge is 0.118 e. The fraction of sp³-hybridized carbons (Fsp3) is 0.333. The minimum atomic E-state index is 0.141. The van der Waals surface area contributed by atoms with Crippen molar-refractivity contribution in [1.82, 2.24) is 4.57 Å². The number of ether oxygens (including phenoxy) is 1. The van der Waals surface area contributed by atoms with Crippen LogP contribution in [0.15, 0.2) is 42.7 Å². The molecule has 0 aliphatic rings. The highest BCUT2D eigenvalue weighted by molar-refractivity contribution is 5.27. The quantitative estimate of drug-likeness (QED) is 0.878. The van der Waals surface area contributed by atoms with Gasteiger partial charge in [-0.1, -0.05) is 19.1 Å². The van der Waals surface area contributed by atoms with Crippen molar-refractivity contribution in [1.29, 1.82) is 0 Å². The highest BCUT2D eigenvalue weighted by Gasteiger charge is 2.05. The maximum absolute atomic E-state index is 6.01. The maximum Gasteiger partial charge on any atom is 0.118 e. The van der Waals surface area contributed by atoms with E-state index >= 15 is 0 Å². The minimum Gasteiger partial charge on any atom is -0.497 e. The molecule has 2 aromatic rings. The van der Waals surface area contributed by atoms with E-state index in [0.717, 1.165) is 18.7 Å². The van der Waals surface area contributed by atoms with Crippen LogP contribution >= 0.6 is 0 Å². The van der Waals surface area contributed by atoms with Crippen LogP contribution in [0.5, 0.6) is 5.75 Å². The molecule has 18 heavy (non-hydrogen) atoms. The van der Waals surface area contributed by atoms with Gasteiger partial charge in [0.25, 0.3) is 0 Å². The van der Waals surface area contributed by atoms with Crippen molar-refractivity contribution in [2.45, 2.75) is 25.9 Å². The highest BCUT2D eigenvalue weighted by Crippen LogP contribution is 2.16. The van der Waals surface area contributed by atoms with E-state index in [1.165, 1.54) is 11.1 Å². The van der Waals surface area contributed by atoms with Crippen LogP contribution in [-0.2, 0) is 6.54 Å². The molecule has 0 saturated carbocycles. The molecule has 1 unspecified atom stereocenters. The van der Waals surface area contributed by atoms with Gasteiger partial charge in [-0.15, -0.1) is 0 Å². The zero-order valence-corrected chi connectivity index (χ0v) is 11.0. The second-order valence-corrected chi connectivity index (χ2v) is 4.48. The fourth-order valence-electron chi connectivity index (χ4n) is 1.95. The lowest BCUT2D eigenvalue weighted by atomic mass is 10.1. The molecule has 3 nitrogen and oxygen atoms in total. The number of hydrogen-bond donors (Lipinski definition) is 1. The zero-order valence-electron chi connectivity index (χ0n) is 11.0. The number of nitrogens with two attached hydrogens (primary N) is 1. The molecule has 1 aromatic carbocycles. The average Bonchev–Trinajstić information content (AvgIpc) is 2.87. The van der Waals surface area contributed by atoms with E-state index in [2.05, 4.69) is 42.1 Å². The SMILES string of the molecule is CCC(N)c1ccn(Cc2ccc(OC)cc2)c1. The summed E-state index contributed by atoms with van der Waals surface area (Å²) in [5, 5.41) is 0. The number of hydrogen-bond acceptors (Lipinski definition) is 2. The van der Waals surface area contributed by atoms with Gasteiger partial charge in [-0.05, 0) is 35.7 Å². The lowest BCUT2D eigenvalue weighted by Gasteiger charge is -2.06. The van der Waals surface area contributed by atoms with Crippen LogP contribution in [0, 0.1) is 0 Å². The van der Waals surface area contributed by atoms with Crippen molar-refractivity contribution in [3.63, 3.8) is 0 Å². The monoisotopic (exact) mass is 244 g/mol. The maximum atomic E-state index is 6.01. The van der Waals surface area contributed by atoms with E-state index in [1.54, 1.807) is 7.11 Å². The molecule has 1 aromatic heterocycles. The third-order valence-corrected chi connectivity index (χ3v) is 3.17. The third kappa shape index (κ3) is 2.93.